The Kier molecular flexibility index (Phi) is 3.79. The van der Waals surface area contributed by atoms with E-state index in [0.29, 0.717) is 18.7 Å². The van der Waals surface area contributed by atoms with Crippen molar-refractivity contribution >= 4 is 11.8 Å². The molecule has 6 heteroatoms. The van der Waals surface area contributed by atoms with Gasteiger partial charge in [0, 0.05) is 25.3 Å². The fourth-order valence-corrected chi connectivity index (χ4v) is 3.67. The van der Waals surface area contributed by atoms with Crippen molar-refractivity contribution in [3.05, 3.63) is 29.1 Å². The first kappa shape index (κ1) is 15.6. The summed E-state index contributed by atoms with van der Waals surface area (Å²) in [5, 5.41) is 3.03. The van der Waals surface area contributed by atoms with Crippen molar-refractivity contribution in [3.8, 4) is 0 Å². The molecule has 24 heavy (non-hydrogen) atoms. The number of carbonyl (C=O) groups is 2. The molecule has 0 aromatic carbocycles. The SMILES string of the molecule is Cc1cnc(C(=O)N2[C@H](C(=O)NC3CC3)C[C@@H]3OCC[C@@H]32)cc1C. The summed E-state index contributed by atoms with van der Waals surface area (Å²) in [6.45, 7) is 4.59. The summed E-state index contributed by atoms with van der Waals surface area (Å²) < 4.78 is 5.74. The van der Waals surface area contributed by atoms with Gasteiger partial charge in [-0.25, -0.2) is 0 Å². The van der Waals surface area contributed by atoms with Gasteiger partial charge in [-0.15, -0.1) is 0 Å². The van der Waals surface area contributed by atoms with Crippen molar-refractivity contribution < 1.29 is 14.3 Å². The molecule has 2 saturated heterocycles. The van der Waals surface area contributed by atoms with Crippen LogP contribution in [0.2, 0.25) is 0 Å². The third-order valence-corrected chi connectivity index (χ3v) is 5.38. The van der Waals surface area contributed by atoms with E-state index in [1.54, 1.807) is 11.1 Å². The van der Waals surface area contributed by atoms with Gasteiger partial charge in [-0.05, 0) is 50.3 Å². The second kappa shape index (κ2) is 5.84. The Labute approximate surface area is 141 Å². The van der Waals surface area contributed by atoms with E-state index in [0.717, 1.165) is 30.4 Å². The fourth-order valence-electron chi connectivity index (χ4n) is 3.67. The largest absolute Gasteiger partial charge is 0.376 e. The van der Waals surface area contributed by atoms with Gasteiger partial charge in [0.05, 0.1) is 12.1 Å². The Balaban J connectivity index is 1.61. The van der Waals surface area contributed by atoms with E-state index in [1.807, 2.05) is 19.9 Å². The molecule has 1 saturated carbocycles. The van der Waals surface area contributed by atoms with Crippen molar-refractivity contribution in [3.63, 3.8) is 0 Å². The van der Waals surface area contributed by atoms with E-state index >= 15 is 0 Å². The number of amides is 2. The van der Waals surface area contributed by atoms with Crippen LogP contribution >= 0.6 is 0 Å². The summed E-state index contributed by atoms with van der Waals surface area (Å²) in [6, 6.07) is 1.64. The lowest BCUT2D eigenvalue weighted by atomic mass is 10.1. The number of ether oxygens (including phenoxy) is 1. The molecule has 1 N–H and O–H groups in total. The van der Waals surface area contributed by atoms with E-state index < -0.39 is 6.04 Å². The number of nitrogens with zero attached hydrogens (tertiary/aromatic N) is 2. The Morgan fingerprint density at radius 1 is 1.25 bits per heavy atom. The smallest absolute Gasteiger partial charge is 0.273 e. The topological polar surface area (TPSA) is 71.5 Å². The van der Waals surface area contributed by atoms with Crippen LogP contribution in [-0.4, -0.2) is 52.5 Å². The molecule has 2 aliphatic heterocycles. The van der Waals surface area contributed by atoms with Crippen molar-refractivity contribution in [1.82, 2.24) is 15.2 Å². The lowest BCUT2D eigenvalue weighted by molar-refractivity contribution is -0.125. The summed E-state index contributed by atoms with van der Waals surface area (Å²) in [4.78, 5) is 31.7. The Morgan fingerprint density at radius 2 is 2.04 bits per heavy atom. The number of nitrogens with one attached hydrogen (secondary N) is 1. The first-order valence-electron chi connectivity index (χ1n) is 8.72. The zero-order chi connectivity index (χ0) is 16.8. The van der Waals surface area contributed by atoms with E-state index in [1.165, 1.54) is 0 Å². The quantitative estimate of drug-likeness (QED) is 0.909. The lowest BCUT2D eigenvalue weighted by Crippen LogP contribution is -2.49. The molecule has 2 amide bonds. The maximum absolute atomic E-state index is 13.1. The van der Waals surface area contributed by atoms with Crippen LogP contribution < -0.4 is 5.32 Å². The highest BCUT2D eigenvalue weighted by Gasteiger charge is 2.50. The van der Waals surface area contributed by atoms with Gasteiger partial charge in [0.1, 0.15) is 11.7 Å². The summed E-state index contributed by atoms with van der Waals surface area (Å²) >= 11 is 0. The Hall–Kier alpha value is -1.95. The number of hydrogen-bond acceptors (Lipinski definition) is 4. The summed E-state index contributed by atoms with van der Waals surface area (Å²) in [5.41, 5.74) is 2.50. The van der Waals surface area contributed by atoms with Crippen LogP contribution in [0.1, 0.15) is 47.3 Å². The number of pyridine rings is 1. The third kappa shape index (κ3) is 2.69. The van der Waals surface area contributed by atoms with E-state index in [9.17, 15) is 9.59 Å². The second-order valence-corrected chi connectivity index (χ2v) is 7.17. The number of fused-ring (bicyclic) bond motifs is 1. The zero-order valence-corrected chi connectivity index (χ0v) is 14.1. The summed E-state index contributed by atoms with van der Waals surface area (Å²) in [7, 11) is 0. The van der Waals surface area contributed by atoms with Gasteiger partial charge in [-0.2, -0.15) is 0 Å². The number of aryl methyl sites for hydroxylation is 2. The highest BCUT2D eigenvalue weighted by atomic mass is 16.5. The minimum absolute atomic E-state index is 0.0177. The molecule has 0 bridgehead atoms. The van der Waals surface area contributed by atoms with Crippen LogP contribution in [0.4, 0.5) is 0 Å². The molecule has 6 nitrogen and oxygen atoms in total. The van der Waals surface area contributed by atoms with Crippen LogP contribution in [0, 0.1) is 13.8 Å². The van der Waals surface area contributed by atoms with Crippen LogP contribution in [0.15, 0.2) is 12.3 Å². The molecular formula is C18H23N3O3. The molecule has 1 aromatic heterocycles. The highest BCUT2D eigenvalue weighted by molar-refractivity contribution is 5.97. The normalized spacial score (nSPS) is 28.8. The minimum Gasteiger partial charge on any atom is -0.376 e. The molecule has 4 rings (SSSR count). The Morgan fingerprint density at radius 3 is 2.75 bits per heavy atom. The maximum atomic E-state index is 13.1. The molecule has 1 aromatic rings. The first-order valence-corrected chi connectivity index (χ1v) is 8.72. The molecule has 3 atom stereocenters. The van der Waals surface area contributed by atoms with Crippen LogP contribution in [-0.2, 0) is 9.53 Å². The van der Waals surface area contributed by atoms with Gasteiger partial charge in [0.15, 0.2) is 0 Å². The van der Waals surface area contributed by atoms with Gasteiger partial charge < -0.3 is 15.0 Å². The van der Waals surface area contributed by atoms with Crippen molar-refractivity contribution in [2.75, 3.05) is 6.61 Å². The fraction of sp³-hybridized carbons (Fsp3) is 0.611. The third-order valence-electron chi connectivity index (χ3n) is 5.38. The molecule has 1 aliphatic carbocycles. The molecule has 0 radical (unpaired) electrons. The van der Waals surface area contributed by atoms with Gasteiger partial charge >= 0.3 is 0 Å². The van der Waals surface area contributed by atoms with Crippen LogP contribution in [0.5, 0.6) is 0 Å². The number of rotatable bonds is 3. The molecule has 0 spiro atoms. The zero-order valence-electron chi connectivity index (χ0n) is 14.1. The number of likely N-dealkylation sites (tertiary alicyclic amines) is 1. The van der Waals surface area contributed by atoms with E-state index in [-0.39, 0.29) is 30.0 Å². The number of aromatic nitrogens is 1. The predicted molar refractivity (Wildman–Crippen MR) is 87.6 cm³/mol. The van der Waals surface area contributed by atoms with Gasteiger partial charge in [0.2, 0.25) is 5.91 Å². The predicted octanol–water partition coefficient (Wildman–Crippen LogP) is 1.35. The highest BCUT2D eigenvalue weighted by Crippen LogP contribution is 2.35. The van der Waals surface area contributed by atoms with Crippen molar-refractivity contribution in [2.45, 2.75) is 63.8 Å². The average Bonchev–Trinajstić information content (AvgIpc) is 3.12. The number of carbonyl (C=O) groups excluding carboxylic acids is 2. The second-order valence-electron chi connectivity index (χ2n) is 7.17. The van der Waals surface area contributed by atoms with Gasteiger partial charge in [-0.1, -0.05) is 0 Å². The van der Waals surface area contributed by atoms with E-state index in [2.05, 4.69) is 10.3 Å². The molecule has 0 unspecified atom stereocenters. The van der Waals surface area contributed by atoms with Crippen molar-refractivity contribution in [1.29, 1.82) is 0 Å². The standard InChI is InChI=1S/C18H23N3O3/c1-10-7-13(19-9-11(10)2)18(23)21-14-5-6-24-16(14)8-15(21)17(22)20-12-3-4-12/h7,9,12,14-16H,3-6,8H2,1-2H3,(H,20,22)/t14-,15-,16-/m0/s1. The Bertz CT molecular complexity index is 686. The number of hydrogen-bond donors (Lipinski definition) is 1. The van der Waals surface area contributed by atoms with Crippen LogP contribution in [0.3, 0.4) is 0 Å². The van der Waals surface area contributed by atoms with Crippen LogP contribution in [0.25, 0.3) is 0 Å². The average molecular weight is 329 g/mol. The maximum Gasteiger partial charge on any atom is 0.273 e. The summed E-state index contributed by atoms with van der Waals surface area (Å²) in [6.07, 6.45) is 5.13. The molecule has 3 fully saturated rings. The van der Waals surface area contributed by atoms with E-state index in [4.69, 9.17) is 4.74 Å². The molecule has 3 heterocycles. The molecule has 128 valence electrons. The minimum atomic E-state index is -0.447. The molecule has 3 aliphatic rings. The molecular weight excluding hydrogens is 306 g/mol. The lowest BCUT2D eigenvalue weighted by Gasteiger charge is -2.28. The van der Waals surface area contributed by atoms with Gasteiger partial charge in [-0.3, -0.25) is 14.6 Å². The first-order chi connectivity index (χ1) is 11.5. The van der Waals surface area contributed by atoms with Crippen molar-refractivity contribution in [2.24, 2.45) is 0 Å². The monoisotopic (exact) mass is 329 g/mol. The summed E-state index contributed by atoms with van der Waals surface area (Å²) in [5.74, 6) is -0.209. The van der Waals surface area contributed by atoms with Gasteiger partial charge in [0.25, 0.3) is 5.91 Å².